The van der Waals surface area contributed by atoms with Crippen LogP contribution in [0.1, 0.15) is 22.4 Å². The highest BCUT2D eigenvalue weighted by molar-refractivity contribution is 5.90. The van der Waals surface area contributed by atoms with E-state index in [1.165, 1.54) is 12.1 Å². The Kier molecular flexibility index (Phi) is 4.93. The van der Waals surface area contributed by atoms with Gasteiger partial charge in [-0.15, -0.1) is 0 Å². The second kappa shape index (κ2) is 7.68. The molecule has 0 aliphatic rings. The molecule has 2 heterocycles. The minimum atomic E-state index is -0.305. The monoisotopic (exact) mass is 376 g/mol. The van der Waals surface area contributed by atoms with Crippen LogP contribution in [0.15, 0.2) is 60.9 Å². The quantitative estimate of drug-likeness (QED) is 0.539. The fraction of sp³-hybridized carbons (Fsp3) is 0.182. The average Bonchev–Trinajstić information content (AvgIpc) is 3.29. The Morgan fingerprint density at radius 3 is 2.79 bits per heavy atom. The van der Waals surface area contributed by atoms with E-state index in [-0.39, 0.29) is 18.1 Å². The first-order chi connectivity index (χ1) is 13.6. The number of hydrogen-bond acceptors (Lipinski definition) is 2. The number of aryl methyl sites for hydroxylation is 1. The van der Waals surface area contributed by atoms with Gasteiger partial charge < -0.3 is 10.3 Å². The summed E-state index contributed by atoms with van der Waals surface area (Å²) in [5.41, 5.74) is 4.71. The van der Waals surface area contributed by atoms with Gasteiger partial charge in [0.05, 0.1) is 13.0 Å². The zero-order valence-electron chi connectivity index (χ0n) is 15.6. The molecule has 0 spiro atoms. The number of nitrogens with one attached hydrogen (secondary N) is 2. The highest BCUT2D eigenvalue weighted by Crippen LogP contribution is 2.23. The predicted molar refractivity (Wildman–Crippen MR) is 106 cm³/mol. The van der Waals surface area contributed by atoms with Gasteiger partial charge in [-0.25, -0.2) is 4.39 Å². The summed E-state index contributed by atoms with van der Waals surface area (Å²) in [6.07, 6.45) is 3.86. The molecule has 0 aliphatic heterocycles. The van der Waals surface area contributed by atoms with Gasteiger partial charge in [0.25, 0.3) is 0 Å². The van der Waals surface area contributed by atoms with Crippen LogP contribution >= 0.6 is 0 Å². The molecule has 0 saturated heterocycles. The van der Waals surface area contributed by atoms with Crippen molar-refractivity contribution in [3.8, 4) is 0 Å². The topological polar surface area (TPSA) is 62.7 Å². The number of aromatic nitrogens is 3. The summed E-state index contributed by atoms with van der Waals surface area (Å²) in [6, 6.07) is 14.5. The summed E-state index contributed by atoms with van der Waals surface area (Å²) < 4.78 is 15.5. The molecular formula is C22H21FN4O. The van der Waals surface area contributed by atoms with Crippen molar-refractivity contribution in [1.29, 1.82) is 0 Å². The molecular weight excluding hydrogens is 355 g/mol. The van der Waals surface area contributed by atoms with Crippen LogP contribution in [0.4, 0.5) is 4.39 Å². The molecule has 0 atom stereocenters. The SMILES string of the molecule is Cc1[nH]c2ccc(F)cc2c1CC(=O)NCc1ccccc1Cn1cccn1. The molecule has 0 radical (unpaired) electrons. The number of halogens is 1. The number of aromatic amines is 1. The first kappa shape index (κ1) is 18.0. The van der Waals surface area contributed by atoms with E-state index in [2.05, 4.69) is 15.4 Å². The molecule has 4 rings (SSSR count). The number of carbonyl (C=O) groups excluding carboxylic acids is 1. The standard InChI is InChI=1S/C22H21FN4O/c1-15-19(20-11-18(23)7-8-21(20)26-15)12-22(28)24-13-16-5-2-3-6-17(16)14-27-10-4-9-25-27/h2-11,26H,12-14H2,1H3,(H,24,28). The van der Waals surface area contributed by atoms with E-state index in [0.717, 1.165) is 33.3 Å². The second-order valence-electron chi connectivity index (χ2n) is 6.84. The van der Waals surface area contributed by atoms with Gasteiger partial charge in [-0.1, -0.05) is 24.3 Å². The number of hydrogen-bond donors (Lipinski definition) is 2. The normalized spacial score (nSPS) is 11.1. The van der Waals surface area contributed by atoms with E-state index in [1.807, 2.05) is 48.1 Å². The van der Waals surface area contributed by atoms with E-state index in [0.29, 0.717) is 13.1 Å². The highest BCUT2D eigenvalue weighted by Gasteiger charge is 2.13. The molecule has 0 saturated carbocycles. The fourth-order valence-corrected chi connectivity index (χ4v) is 3.45. The number of benzene rings is 2. The molecule has 0 fully saturated rings. The molecule has 0 bridgehead atoms. The van der Waals surface area contributed by atoms with Crippen LogP contribution in [0.5, 0.6) is 0 Å². The Morgan fingerprint density at radius 1 is 1.18 bits per heavy atom. The summed E-state index contributed by atoms with van der Waals surface area (Å²) in [5.74, 6) is -0.400. The third kappa shape index (κ3) is 3.81. The Balaban J connectivity index is 1.46. The lowest BCUT2D eigenvalue weighted by molar-refractivity contribution is -0.120. The van der Waals surface area contributed by atoms with E-state index >= 15 is 0 Å². The molecule has 2 aromatic carbocycles. The van der Waals surface area contributed by atoms with E-state index in [4.69, 9.17) is 0 Å². The zero-order chi connectivity index (χ0) is 19.5. The Morgan fingerprint density at radius 2 is 2.00 bits per heavy atom. The first-order valence-electron chi connectivity index (χ1n) is 9.18. The maximum absolute atomic E-state index is 13.6. The van der Waals surface area contributed by atoms with Gasteiger partial charge in [0.2, 0.25) is 5.91 Å². The molecule has 142 valence electrons. The van der Waals surface area contributed by atoms with E-state index in [1.54, 1.807) is 12.3 Å². The van der Waals surface area contributed by atoms with Gasteiger partial charge in [-0.3, -0.25) is 9.48 Å². The minimum Gasteiger partial charge on any atom is -0.358 e. The highest BCUT2D eigenvalue weighted by atomic mass is 19.1. The lowest BCUT2D eigenvalue weighted by atomic mass is 10.1. The van der Waals surface area contributed by atoms with Crippen LogP contribution in [0, 0.1) is 12.7 Å². The minimum absolute atomic E-state index is 0.0952. The molecule has 2 N–H and O–H groups in total. The van der Waals surface area contributed by atoms with Crippen LogP contribution in [-0.4, -0.2) is 20.7 Å². The van der Waals surface area contributed by atoms with E-state index < -0.39 is 0 Å². The van der Waals surface area contributed by atoms with Crippen LogP contribution < -0.4 is 5.32 Å². The average molecular weight is 376 g/mol. The number of rotatable bonds is 6. The van der Waals surface area contributed by atoms with Crippen molar-refractivity contribution in [3.05, 3.63) is 89.1 Å². The summed E-state index contributed by atoms with van der Waals surface area (Å²) in [5, 5.41) is 7.98. The number of H-pyrrole nitrogens is 1. The third-order valence-corrected chi connectivity index (χ3v) is 4.90. The van der Waals surface area contributed by atoms with Gasteiger partial charge in [-0.05, 0) is 47.9 Å². The second-order valence-corrected chi connectivity index (χ2v) is 6.84. The Labute approximate surface area is 162 Å². The molecule has 1 amide bonds. The van der Waals surface area contributed by atoms with Gasteiger partial charge in [0.1, 0.15) is 5.82 Å². The van der Waals surface area contributed by atoms with Crippen molar-refractivity contribution < 1.29 is 9.18 Å². The zero-order valence-corrected chi connectivity index (χ0v) is 15.6. The van der Waals surface area contributed by atoms with Crippen molar-refractivity contribution in [2.75, 3.05) is 0 Å². The van der Waals surface area contributed by atoms with Crippen molar-refractivity contribution in [3.63, 3.8) is 0 Å². The number of fused-ring (bicyclic) bond motifs is 1. The summed E-state index contributed by atoms with van der Waals surface area (Å²) in [4.78, 5) is 15.8. The van der Waals surface area contributed by atoms with Crippen molar-refractivity contribution in [2.45, 2.75) is 26.4 Å². The molecule has 2 aromatic heterocycles. The van der Waals surface area contributed by atoms with Crippen LogP contribution in [0.2, 0.25) is 0 Å². The number of nitrogens with zero attached hydrogens (tertiary/aromatic N) is 2. The smallest absolute Gasteiger partial charge is 0.224 e. The van der Waals surface area contributed by atoms with Crippen LogP contribution in [0.25, 0.3) is 10.9 Å². The largest absolute Gasteiger partial charge is 0.358 e. The van der Waals surface area contributed by atoms with Crippen molar-refractivity contribution in [1.82, 2.24) is 20.1 Å². The van der Waals surface area contributed by atoms with Crippen molar-refractivity contribution in [2.24, 2.45) is 0 Å². The fourth-order valence-electron chi connectivity index (χ4n) is 3.45. The third-order valence-electron chi connectivity index (χ3n) is 4.90. The van der Waals surface area contributed by atoms with E-state index in [9.17, 15) is 9.18 Å². The van der Waals surface area contributed by atoms with Gasteiger partial charge in [0.15, 0.2) is 0 Å². The van der Waals surface area contributed by atoms with Crippen LogP contribution in [-0.2, 0) is 24.3 Å². The van der Waals surface area contributed by atoms with Gasteiger partial charge in [-0.2, -0.15) is 5.10 Å². The maximum atomic E-state index is 13.6. The molecule has 0 unspecified atom stereocenters. The Bertz CT molecular complexity index is 1110. The number of amides is 1. The number of carbonyl (C=O) groups is 1. The lowest BCUT2D eigenvalue weighted by Gasteiger charge is -2.11. The molecule has 28 heavy (non-hydrogen) atoms. The lowest BCUT2D eigenvalue weighted by Crippen LogP contribution is -2.25. The molecule has 6 heteroatoms. The molecule has 4 aromatic rings. The van der Waals surface area contributed by atoms with Crippen molar-refractivity contribution >= 4 is 16.8 Å². The molecule has 5 nitrogen and oxygen atoms in total. The summed E-state index contributed by atoms with van der Waals surface area (Å²) in [7, 11) is 0. The van der Waals surface area contributed by atoms with Gasteiger partial charge >= 0.3 is 0 Å². The summed E-state index contributed by atoms with van der Waals surface area (Å²) >= 11 is 0. The maximum Gasteiger partial charge on any atom is 0.224 e. The van der Waals surface area contributed by atoms with Gasteiger partial charge in [0, 0.05) is 35.5 Å². The Hall–Kier alpha value is -3.41. The van der Waals surface area contributed by atoms with Crippen LogP contribution in [0.3, 0.4) is 0 Å². The summed E-state index contributed by atoms with van der Waals surface area (Å²) in [6.45, 7) is 2.99. The first-order valence-corrected chi connectivity index (χ1v) is 9.18. The molecule has 0 aliphatic carbocycles. The predicted octanol–water partition coefficient (Wildman–Crippen LogP) is 3.72.